The van der Waals surface area contributed by atoms with Gasteiger partial charge in [-0.25, -0.2) is 0 Å². The molecule has 1 aromatic carbocycles. The van der Waals surface area contributed by atoms with Gasteiger partial charge in [0.1, 0.15) is 5.75 Å². The number of alkyl halides is 2. The zero-order valence-corrected chi connectivity index (χ0v) is 11.4. The van der Waals surface area contributed by atoms with Gasteiger partial charge in [0.2, 0.25) is 0 Å². The van der Waals surface area contributed by atoms with Crippen molar-refractivity contribution in [3.05, 3.63) is 29.8 Å². The van der Waals surface area contributed by atoms with Crippen molar-refractivity contribution in [3.8, 4) is 5.75 Å². The number of hydrogen-bond donors (Lipinski definition) is 1. The molecule has 3 nitrogen and oxygen atoms in total. The van der Waals surface area contributed by atoms with Crippen LogP contribution in [0.4, 0.5) is 8.78 Å². The van der Waals surface area contributed by atoms with Gasteiger partial charge in [-0.05, 0) is 37.5 Å². The lowest BCUT2D eigenvalue weighted by Crippen LogP contribution is -2.29. The van der Waals surface area contributed by atoms with E-state index in [9.17, 15) is 8.78 Å². The lowest BCUT2D eigenvalue weighted by Gasteiger charge is -2.13. The third-order valence-corrected chi connectivity index (χ3v) is 2.81. The molecule has 0 aliphatic rings. The zero-order chi connectivity index (χ0) is 14.1. The lowest BCUT2D eigenvalue weighted by atomic mass is 10.1. The van der Waals surface area contributed by atoms with Crippen LogP contribution in [-0.2, 0) is 11.2 Å². The fourth-order valence-electron chi connectivity index (χ4n) is 1.73. The molecule has 0 fully saturated rings. The molecule has 0 bridgehead atoms. The molecule has 0 aliphatic heterocycles. The predicted octanol–water partition coefficient (Wildman–Crippen LogP) is 2.85. The van der Waals surface area contributed by atoms with Gasteiger partial charge >= 0.3 is 6.61 Å². The third kappa shape index (κ3) is 7.08. The molecule has 0 saturated carbocycles. The van der Waals surface area contributed by atoms with Crippen LogP contribution in [0, 0.1) is 0 Å². The Hall–Kier alpha value is -1.20. The fraction of sp³-hybridized carbons (Fsp3) is 0.571. The Bertz CT molecular complexity index is 344. The molecule has 19 heavy (non-hydrogen) atoms. The van der Waals surface area contributed by atoms with Crippen molar-refractivity contribution < 1.29 is 18.3 Å². The Morgan fingerprint density at radius 2 is 1.89 bits per heavy atom. The molecule has 1 aromatic rings. The summed E-state index contributed by atoms with van der Waals surface area (Å²) < 4.78 is 33.2. The van der Waals surface area contributed by atoms with Gasteiger partial charge in [0, 0.05) is 19.7 Å². The quantitative estimate of drug-likeness (QED) is 0.702. The van der Waals surface area contributed by atoms with Crippen LogP contribution in [0.2, 0.25) is 0 Å². The first-order chi connectivity index (χ1) is 9.11. The highest BCUT2D eigenvalue weighted by Gasteiger charge is 2.05. The molecule has 1 rings (SSSR count). The van der Waals surface area contributed by atoms with Gasteiger partial charge in [-0.15, -0.1) is 0 Å². The summed E-state index contributed by atoms with van der Waals surface area (Å²) in [4.78, 5) is 0. The highest BCUT2D eigenvalue weighted by atomic mass is 19.3. The Labute approximate surface area is 112 Å². The summed E-state index contributed by atoms with van der Waals surface area (Å²) in [6.07, 6.45) is 1.88. The lowest BCUT2D eigenvalue weighted by molar-refractivity contribution is -0.0498. The molecule has 1 atom stereocenters. The Morgan fingerprint density at radius 3 is 2.47 bits per heavy atom. The summed E-state index contributed by atoms with van der Waals surface area (Å²) >= 11 is 0. The number of rotatable bonds is 9. The number of methoxy groups -OCH3 is 1. The summed E-state index contributed by atoms with van der Waals surface area (Å²) in [6, 6.07) is 7.18. The maximum atomic E-state index is 12.0. The molecule has 0 spiro atoms. The zero-order valence-electron chi connectivity index (χ0n) is 11.4. The second kappa shape index (κ2) is 8.82. The van der Waals surface area contributed by atoms with Crippen LogP contribution >= 0.6 is 0 Å². The molecule has 0 aromatic heterocycles. The summed E-state index contributed by atoms with van der Waals surface area (Å²) in [6.45, 7) is 0.878. The first-order valence-electron chi connectivity index (χ1n) is 6.38. The van der Waals surface area contributed by atoms with Crippen LogP contribution in [0.15, 0.2) is 24.3 Å². The maximum Gasteiger partial charge on any atom is 0.387 e. The Morgan fingerprint density at radius 1 is 1.21 bits per heavy atom. The molecular formula is C14H21F2NO2. The van der Waals surface area contributed by atoms with Gasteiger partial charge in [-0.3, -0.25) is 0 Å². The van der Waals surface area contributed by atoms with Crippen molar-refractivity contribution in [1.29, 1.82) is 0 Å². The molecule has 5 heteroatoms. The van der Waals surface area contributed by atoms with E-state index in [1.165, 1.54) is 0 Å². The molecule has 0 amide bonds. The van der Waals surface area contributed by atoms with Crippen LogP contribution in [0.5, 0.6) is 5.75 Å². The van der Waals surface area contributed by atoms with Crippen molar-refractivity contribution in [2.45, 2.75) is 32.4 Å². The summed E-state index contributed by atoms with van der Waals surface area (Å²) in [7, 11) is 1.68. The first-order valence-corrected chi connectivity index (χ1v) is 6.38. The molecule has 0 aliphatic carbocycles. The molecule has 0 heterocycles. The van der Waals surface area contributed by atoms with Gasteiger partial charge in [0.05, 0.1) is 6.61 Å². The SMILES string of the molecule is COCCNC(C)CCc1ccc(OC(F)F)cc1. The van der Waals surface area contributed by atoms with E-state index in [-0.39, 0.29) is 5.75 Å². The van der Waals surface area contributed by atoms with E-state index in [2.05, 4.69) is 17.0 Å². The van der Waals surface area contributed by atoms with E-state index in [4.69, 9.17) is 4.74 Å². The number of halogens is 2. The minimum absolute atomic E-state index is 0.199. The molecule has 1 N–H and O–H groups in total. The minimum Gasteiger partial charge on any atom is -0.435 e. The fourth-order valence-corrected chi connectivity index (χ4v) is 1.73. The molecule has 1 unspecified atom stereocenters. The van der Waals surface area contributed by atoms with Crippen LogP contribution in [0.25, 0.3) is 0 Å². The summed E-state index contributed by atoms with van der Waals surface area (Å²) in [5, 5.41) is 3.34. The van der Waals surface area contributed by atoms with E-state index < -0.39 is 6.61 Å². The standard InChI is InChI=1S/C14H21F2NO2/c1-11(17-9-10-18-2)3-4-12-5-7-13(8-6-12)19-14(15)16/h5-8,11,14,17H,3-4,9-10H2,1-2H3. The van der Waals surface area contributed by atoms with Crippen LogP contribution < -0.4 is 10.1 Å². The van der Waals surface area contributed by atoms with Crippen molar-refractivity contribution in [3.63, 3.8) is 0 Å². The number of ether oxygens (including phenoxy) is 2. The van der Waals surface area contributed by atoms with Gasteiger partial charge < -0.3 is 14.8 Å². The van der Waals surface area contributed by atoms with Gasteiger partial charge in [0.25, 0.3) is 0 Å². The van der Waals surface area contributed by atoms with E-state index in [1.54, 1.807) is 19.2 Å². The van der Waals surface area contributed by atoms with Crippen LogP contribution in [0.3, 0.4) is 0 Å². The normalized spacial score (nSPS) is 12.7. The van der Waals surface area contributed by atoms with Gasteiger partial charge in [-0.1, -0.05) is 12.1 Å². The Balaban J connectivity index is 2.29. The molecule has 108 valence electrons. The van der Waals surface area contributed by atoms with E-state index in [0.29, 0.717) is 12.6 Å². The average molecular weight is 273 g/mol. The maximum absolute atomic E-state index is 12.0. The van der Waals surface area contributed by atoms with Crippen molar-refractivity contribution >= 4 is 0 Å². The number of benzene rings is 1. The number of nitrogens with one attached hydrogen (secondary N) is 1. The Kier molecular flexibility index (Phi) is 7.36. The van der Waals surface area contributed by atoms with Crippen LogP contribution in [0.1, 0.15) is 18.9 Å². The highest BCUT2D eigenvalue weighted by Crippen LogP contribution is 2.16. The monoisotopic (exact) mass is 273 g/mol. The minimum atomic E-state index is -2.77. The van der Waals surface area contributed by atoms with Crippen molar-refractivity contribution in [2.24, 2.45) is 0 Å². The van der Waals surface area contributed by atoms with Crippen LogP contribution in [-0.4, -0.2) is 32.9 Å². The van der Waals surface area contributed by atoms with E-state index >= 15 is 0 Å². The second-order valence-electron chi connectivity index (χ2n) is 4.41. The van der Waals surface area contributed by atoms with Gasteiger partial charge in [-0.2, -0.15) is 8.78 Å². The van der Waals surface area contributed by atoms with Gasteiger partial charge in [0.15, 0.2) is 0 Å². The van der Waals surface area contributed by atoms with E-state index in [0.717, 1.165) is 24.9 Å². The predicted molar refractivity (Wildman–Crippen MR) is 70.7 cm³/mol. The second-order valence-corrected chi connectivity index (χ2v) is 4.41. The smallest absolute Gasteiger partial charge is 0.387 e. The topological polar surface area (TPSA) is 30.5 Å². The molecular weight excluding hydrogens is 252 g/mol. The van der Waals surface area contributed by atoms with E-state index in [1.807, 2.05) is 12.1 Å². The molecule has 0 saturated heterocycles. The third-order valence-electron chi connectivity index (χ3n) is 2.81. The molecule has 0 radical (unpaired) electrons. The van der Waals surface area contributed by atoms with Crippen molar-refractivity contribution in [2.75, 3.05) is 20.3 Å². The average Bonchev–Trinajstić information content (AvgIpc) is 2.37. The number of aryl methyl sites for hydroxylation is 1. The van der Waals surface area contributed by atoms with Crippen molar-refractivity contribution in [1.82, 2.24) is 5.32 Å². The summed E-state index contributed by atoms with van der Waals surface area (Å²) in [5.74, 6) is 0.199. The largest absolute Gasteiger partial charge is 0.435 e. The first kappa shape index (κ1) is 15.9. The highest BCUT2D eigenvalue weighted by molar-refractivity contribution is 5.27. The number of hydrogen-bond acceptors (Lipinski definition) is 3. The summed E-state index contributed by atoms with van der Waals surface area (Å²) in [5.41, 5.74) is 1.11.